The van der Waals surface area contributed by atoms with Gasteiger partial charge in [0.25, 0.3) is 11.6 Å². The maximum absolute atomic E-state index is 13.2. The normalized spacial score (nSPS) is 18.0. The second-order valence-electron chi connectivity index (χ2n) is 8.55. The Morgan fingerprint density at radius 3 is 2.68 bits per heavy atom. The summed E-state index contributed by atoms with van der Waals surface area (Å²) in [6.07, 6.45) is -2.32. The zero-order valence-corrected chi connectivity index (χ0v) is 18.9. The minimum absolute atomic E-state index is 0.00847. The number of ether oxygens (including phenoxy) is 2. The van der Waals surface area contributed by atoms with E-state index in [0.717, 1.165) is 22.9 Å². The van der Waals surface area contributed by atoms with E-state index in [1.54, 1.807) is 13.8 Å². The standard InChI is InChI=1S/C23H24F3N5O3/c1-13-16(14(2)31-22(27-13)28-21(29-31)23(24,25)26)6-8-20(32)30-9-3-4-17(30)15-5-7-18-19(12-15)34-11-10-33-18/h5,7,12,17H,3-4,6,8-11H2,1-2H3/t17-/m0/s1. The first kappa shape index (κ1) is 22.4. The van der Waals surface area contributed by atoms with Crippen molar-refractivity contribution in [2.24, 2.45) is 0 Å². The van der Waals surface area contributed by atoms with E-state index in [9.17, 15) is 18.0 Å². The second kappa shape index (κ2) is 8.44. The highest BCUT2D eigenvalue weighted by molar-refractivity contribution is 5.77. The molecule has 1 amide bonds. The van der Waals surface area contributed by atoms with Gasteiger partial charge in [-0.25, -0.2) is 9.50 Å². The number of likely N-dealkylation sites (tertiary alicyclic amines) is 1. The van der Waals surface area contributed by atoms with E-state index < -0.39 is 12.0 Å². The monoisotopic (exact) mass is 475 g/mol. The molecule has 2 aromatic heterocycles. The number of benzene rings is 1. The van der Waals surface area contributed by atoms with Gasteiger partial charge in [-0.15, -0.1) is 5.10 Å². The Morgan fingerprint density at radius 1 is 1.15 bits per heavy atom. The SMILES string of the molecule is Cc1nc2nc(C(F)(F)F)nn2c(C)c1CCC(=O)N1CCC[C@H]1c1ccc2c(c1)OCCO2. The van der Waals surface area contributed by atoms with Crippen LogP contribution >= 0.6 is 0 Å². The number of aromatic nitrogens is 4. The van der Waals surface area contributed by atoms with Crippen molar-refractivity contribution < 1.29 is 27.4 Å². The largest absolute Gasteiger partial charge is 0.486 e. The van der Waals surface area contributed by atoms with Crippen LogP contribution in [-0.4, -0.2) is 50.1 Å². The lowest BCUT2D eigenvalue weighted by molar-refractivity contribution is -0.144. The number of carbonyl (C=O) groups excluding carboxylic acids is 1. The number of nitrogens with zero attached hydrogens (tertiary/aromatic N) is 5. The topological polar surface area (TPSA) is 81.9 Å². The third-order valence-electron chi connectivity index (χ3n) is 6.42. The maximum atomic E-state index is 13.2. The molecule has 0 spiro atoms. The van der Waals surface area contributed by atoms with Crippen molar-refractivity contribution >= 4 is 11.7 Å². The molecule has 2 aliphatic rings. The van der Waals surface area contributed by atoms with Crippen molar-refractivity contribution in [2.45, 2.75) is 51.7 Å². The van der Waals surface area contributed by atoms with Gasteiger partial charge < -0.3 is 14.4 Å². The molecule has 1 fully saturated rings. The highest BCUT2D eigenvalue weighted by Gasteiger charge is 2.37. The van der Waals surface area contributed by atoms with Gasteiger partial charge in [0, 0.05) is 24.4 Å². The van der Waals surface area contributed by atoms with Gasteiger partial charge in [0.05, 0.1) is 6.04 Å². The summed E-state index contributed by atoms with van der Waals surface area (Å²) in [6, 6.07) is 5.75. The second-order valence-corrected chi connectivity index (χ2v) is 8.55. The first-order valence-electron chi connectivity index (χ1n) is 11.2. The number of hydrogen-bond acceptors (Lipinski definition) is 6. The van der Waals surface area contributed by atoms with Crippen LogP contribution in [0.15, 0.2) is 18.2 Å². The zero-order valence-electron chi connectivity index (χ0n) is 18.9. The van der Waals surface area contributed by atoms with Gasteiger partial charge in [-0.3, -0.25) is 4.79 Å². The van der Waals surface area contributed by atoms with Gasteiger partial charge in [-0.1, -0.05) is 6.07 Å². The molecule has 1 saturated heterocycles. The fourth-order valence-electron chi connectivity index (χ4n) is 4.74. The van der Waals surface area contributed by atoms with E-state index in [1.807, 2.05) is 23.1 Å². The number of carbonyl (C=O) groups is 1. The minimum atomic E-state index is -4.65. The lowest BCUT2D eigenvalue weighted by Gasteiger charge is -2.27. The quantitative estimate of drug-likeness (QED) is 0.571. The number of alkyl halides is 3. The summed E-state index contributed by atoms with van der Waals surface area (Å²) < 4.78 is 51.5. The summed E-state index contributed by atoms with van der Waals surface area (Å²) >= 11 is 0. The van der Waals surface area contributed by atoms with Crippen molar-refractivity contribution in [3.8, 4) is 11.5 Å². The minimum Gasteiger partial charge on any atom is -0.486 e. The smallest absolute Gasteiger partial charge is 0.453 e. The van der Waals surface area contributed by atoms with Crippen LogP contribution in [0.4, 0.5) is 13.2 Å². The van der Waals surface area contributed by atoms with Crippen molar-refractivity contribution in [1.29, 1.82) is 0 Å². The van der Waals surface area contributed by atoms with Crippen LogP contribution < -0.4 is 9.47 Å². The number of aryl methyl sites for hydroxylation is 2. The summed E-state index contributed by atoms with van der Waals surface area (Å²) in [7, 11) is 0. The molecule has 2 aliphatic heterocycles. The van der Waals surface area contributed by atoms with E-state index in [4.69, 9.17) is 9.47 Å². The molecular weight excluding hydrogens is 451 g/mol. The third kappa shape index (κ3) is 4.03. The fourth-order valence-corrected chi connectivity index (χ4v) is 4.74. The highest BCUT2D eigenvalue weighted by Crippen LogP contribution is 2.38. The third-order valence-corrected chi connectivity index (χ3v) is 6.42. The van der Waals surface area contributed by atoms with E-state index >= 15 is 0 Å². The lowest BCUT2D eigenvalue weighted by atomic mass is 10.0. The van der Waals surface area contributed by atoms with E-state index in [-0.39, 0.29) is 24.1 Å². The summed E-state index contributed by atoms with van der Waals surface area (Å²) in [5, 5.41) is 3.58. The molecule has 0 saturated carbocycles. The average molecular weight is 475 g/mol. The molecule has 1 atom stereocenters. The Bertz CT molecular complexity index is 1260. The molecule has 11 heteroatoms. The first-order chi connectivity index (χ1) is 16.2. The van der Waals surface area contributed by atoms with Gasteiger partial charge in [-0.2, -0.15) is 18.2 Å². The Kier molecular flexibility index (Phi) is 5.57. The molecule has 3 aromatic rings. The van der Waals surface area contributed by atoms with Crippen LogP contribution in [0.5, 0.6) is 11.5 Å². The summed E-state index contributed by atoms with van der Waals surface area (Å²) in [6.45, 7) is 5.06. The molecule has 0 N–H and O–H groups in total. The molecule has 5 rings (SSSR count). The molecule has 0 unspecified atom stereocenters. The predicted octanol–water partition coefficient (Wildman–Crippen LogP) is 3.83. The first-order valence-corrected chi connectivity index (χ1v) is 11.2. The van der Waals surface area contributed by atoms with Crippen molar-refractivity contribution in [2.75, 3.05) is 19.8 Å². The average Bonchev–Trinajstić information content (AvgIpc) is 3.46. The van der Waals surface area contributed by atoms with Crippen LogP contribution in [-0.2, 0) is 17.4 Å². The molecule has 0 radical (unpaired) electrons. The number of halogens is 3. The summed E-state index contributed by atoms with van der Waals surface area (Å²) in [5.74, 6) is 0.0674. The zero-order chi connectivity index (χ0) is 24.0. The summed E-state index contributed by atoms with van der Waals surface area (Å²) in [5.41, 5.74) is 2.76. The molecule has 1 aromatic carbocycles. The number of fused-ring (bicyclic) bond motifs is 2. The van der Waals surface area contributed by atoms with Crippen LogP contribution in [0.2, 0.25) is 0 Å². The Morgan fingerprint density at radius 2 is 1.91 bits per heavy atom. The molecule has 34 heavy (non-hydrogen) atoms. The van der Waals surface area contributed by atoms with Crippen LogP contribution in [0.25, 0.3) is 5.78 Å². The van der Waals surface area contributed by atoms with Crippen molar-refractivity contribution in [3.63, 3.8) is 0 Å². The van der Waals surface area contributed by atoms with Gasteiger partial charge in [-0.05, 0) is 56.4 Å². The number of rotatable bonds is 4. The highest BCUT2D eigenvalue weighted by atomic mass is 19.4. The van der Waals surface area contributed by atoms with Crippen LogP contribution in [0.3, 0.4) is 0 Å². The van der Waals surface area contributed by atoms with E-state index in [0.29, 0.717) is 54.6 Å². The number of hydrogen-bond donors (Lipinski definition) is 0. The van der Waals surface area contributed by atoms with Gasteiger partial charge >= 0.3 is 6.18 Å². The van der Waals surface area contributed by atoms with Gasteiger partial charge in [0.1, 0.15) is 13.2 Å². The lowest BCUT2D eigenvalue weighted by Crippen LogP contribution is -2.31. The predicted molar refractivity (Wildman–Crippen MR) is 115 cm³/mol. The van der Waals surface area contributed by atoms with Crippen molar-refractivity contribution in [3.05, 3.63) is 46.5 Å². The molecule has 0 bridgehead atoms. The molecule has 0 aliphatic carbocycles. The van der Waals surface area contributed by atoms with Gasteiger partial charge in [0.15, 0.2) is 11.5 Å². The van der Waals surface area contributed by atoms with Crippen molar-refractivity contribution in [1.82, 2.24) is 24.5 Å². The molecule has 8 nitrogen and oxygen atoms in total. The summed E-state index contributed by atoms with van der Waals surface area (Å²) in [4.78, 5) is 22.7. The Balaban J connectivity index is 1.33. The fraction of sp³-hybridized carbons (Fsp3) is 0.478. The number of amides is 1. The Labute approximate surface area is 193 Å². The molecule has 4 heterocycles. The molecular formula is C23H24F3N5O3. The van der Waals surface area contributed by atoms with Crippen LogP contribution in [0, 0.1) is 13.8 Å². The van der Waals surface area contributed by atoms with Gasteiger partial charge in [0.2, 0.25) is 5.91 Å². The molecule has 180 valence electrons. The Hall–Kier alpha value is -3.37. The van der Waals surface area contributed by atoms with Crippen LogP contribution in [0.1, 0.15) is 53.6 Å². The van der Waals surface area contributed by atoms with E-state index in [2.05, 4.69) is 15.1 Å². The maximum Gasteiger partial charge on any atom is 0.453 e. The van der Waals surface area contributed by atoms with E-state index in [1.165, 1.54) is 0 Å².